The lowest BCUT2D eigenvalue weighted by Crippen LogP contribution is -2.66. The average Bonchev–Trinajstić information content (AvgIpc) is 0.784. The molecule has 568 valence electrons. The molecule has 1 amide bonds. The summed E-state index contributed by atoms with van der Waals surface area (Å²) in [4.78, 5) is 13.4. The van der Waals surface area contributed by atoms with Crippen LogP contribution in [-0.2, 0) is 33.2 Å². The summed E-state index contributed by atoms with van der Waals surface area (Å²) in [6.45, 7) is 1.59. The van der Waals surface area contributed by atoms with Crippen LogP contribution in [-0.4, -0.2) is 193 Å². The number of aliphatic hydroxyl groups excluding tert-OH is 11. The van der Waals surface area contributed by atoms with Gasteiger partial charge in [0.15, 0.2) is 18.9 Å². The van der Waals surface area contributed by atoms with E-state index in [2.05, 4.69) is 129 Å². The summed E-state index contributed by atoms with van der Waals surface area (Å²) in [5.41, 5.74) is 0. The molecule has 3 saturated heterocycles. The van der Waals surface area contributed by atoms with Gasteiger partial charge in [0.05, 0.1) is 38.6 Å². The van der Waals surface area contributed by atoms with E-state index >= 15 is 0 Å². The molecule has 0 spiro atoms. The number of allylic oxidation sites excluding steroid dienone is 19. The van der Waals surface area contributed by atoms with Crippen molar-refractivity contribution in [1.29, 1.82) is 0 Å². The van der Waals surface area contributed by atoms with Crippen molar-refractivity contribution in [3.8, 4) is 0 Å². The molecule has 12 N–H and O–H groups in total. The molecular weight excluding hydrogens is 1260 g/mol. The summed E-state index contributed by atoms with van der Waals surface area (Å²) in [6, 6.07) is -0.997. The van der Waals surface area contributed by atoms with Gasteiger partial charge >= 0.3 is 0 Å². The van der Waals surface area contributed by atoms with Crippen molar-refractivity contribution in [3.63, 3.8) is 0 Å². The van der Waals surface area contributed by atoms with E-state index in [0.717, 1.165) is 103 Å². The molecule has 3 fully saturated rings. The third kappa shape index (κ3) is 40.2. The highest BCUT2D eigenvalue weighted by Gasteiger charge is 2.53. The van der Waals surface area contributed by atoms with E-state index < -0.39 is 124 Å². The molecule has 17 atom stereocenters. The summed E-state index contributed by atoms with van der Waals surface area (Å²) in [5.74, 6) is -0.290. The zero-order chi connectivity index (χ0) is 71.8. The fourth-order valence-corrected chi connectivity index (χ4v) is 12.1. The number of carbonyl (C=O) groups excluding carboxylic acids is 1. The van der Waals surface area contributed by atoms with Crippen molar-refractivity contribution in [1.82, 2.24) is 5.32 Å². The Labute approximate surface area is 595 Å². The van der Waals surface area contributed by atoms with E-state index in [1.165, 1.54) is 109 Å². The number of unbranched alkanes of at least 4 members (excludes halogenated alkanes) is 24. The highest BCUT2D eigenvalue weighted by molar-refractivity contribution is 5.76. The molecule has 0 aromatic heterocycles. The van der Waals surface area contributed by atoms with Crippen LogP contribution in [0.4, 0.5) is 0 Å². The minimum Gasteiger partial charge on any atom is -0.394 e. The van der Waals surface area contributed by atoms with E-state index in [1.807, 2.05) is 6.08 Å². The van der Waals surface area contributed by atoms with E-state index in [0.29, 0.717) is 12.8 Å². The van der Waals surface area contributed by atoms with Crippen molar-refractivity contribution < 1.29 is 89.4 Å². The molecule has 99 heavy (non-hydrogen) atoms. The Kier molecular flexibility index (Phi) is 53.8. The van der Waals surface area contributed by atoms with Crippen LogP contribution in [0, 0.1) is 0 Å². The third-order valence-electron chi connectivity index (χ3n) is 18.2. The molecule has 0 aliphatic carbocycles. The van der Waals surface area contributed by atoms with Crippen LogP contribution in [0.15, 0.2) is 122 Å². The van der Waals surface area contributed by atoms with Crippen molar-refractivity contribution in [3.05, 3.63) is 122 Å². The predicted octanol–water partition coefficient (Wildman–Crippen LogP) is 11.9. The average molecular weight is 1400 g/mol. The lowest BCUT2D eigenvalue weighted by atomic mass is 9.96. The van der Waals surface area contributed by atoms with E-state index in [9.17, 15) is 61.0 Å². The van der Waals surface area contributed by atoms with Gasteiger partial charge in [-0.1, -0.05) is 264 Å². The first kappa shape index (κ1) is 89.4. The van der Waals surface area contributed by atoms with Crippen molar-refractivity contribution >= 4 is 5.91 Å². The summed E-state index contributed by atoms with van der Waals surface area (Å²) in [6.07, 6.45) is 56.2. The number of hydrogen-bond acceptors (Lipinski definition) is 18. The smallest absolute Gasteiger partial charge is 0.220 e. The van der Waals surface area contributed by atoms with Gasteiger partial charge in [-0.2, -0.15) is 0 Å². The van der Waals surface area contributed by atoms with Crippen LogP contribution >= 0.6 is 0 Å². The van der Waals surface area contributed by atoms with Gasteiger partial charge in [0, 0.05) is 6.42 Å². The number of amides is 1. The Balaban J connectivity index is 1.33. The van der Waals surface area contributed by atoms with Gasteiger partial charge in [-0.15, -0.1) is 0 Å². The van der Waals surface area contributed by atoms with Crippen molar-refractivity contribution in [2.75, 3.05) is 26.4 Å². The standard InChI is InChI=1S/C80H135NO18/c1-3-5-7-9-11-13-15-17-19-20-21-22-23-24-25-26-27-28-29-30-31-32-33-34-35-36-37-38-39-40-41-42-44-46-48-50-52-54-56-58-68(86)81-63(64(85)57-55-53-51-49-47-45-43-18-16-14-12-10-8-6-4-2)62-94-78-74(92)71(89)76(66(60-83)96-78)99-80-75(93)72(90)77(67(61-84)97-80)98-79-73(91)70(88)69(87)65(59-82)95-79/h5,7,11,13,17,19,21-22,24-25,27-28,30-31,33-34,47,49,55,57,63-67,69-80,82-85,87-93H,3-4,6,8-10,12,14-16,18,20,23,26,29,32,35-46,48,50-54,56,58-62H2,1-2H3,(H,81,86)/b7-5-,13-11-,19-17-,22-21-,25-24-,28-27-,31-30-,34-33-,49-47+,57-55+. The number of ether oxygens (including phenoxy) is 6. The van der Waals surface area contributed by atoms with Gasteiger partial charge in [-0.25, -0.2) is 0 Å². The van der Waals surface area contributed by atoms with Gasteiger partial charge in [0.25, 0.3) is 0 Å². The monoisotopic (exact) mass is 1400 g/mol. The summed E-state index contributed by atoms with van der Waals surface area (Å²) in [7, 11) is 0. The Morgan fingerprint density at radius 2 is 0.707 bits per heavy atom. The van der Waals surface area contributed by atoms with Crippen LogP contribution in [0.5, 0.6) is 0 Å². The second kappa shape index (κ2) is 59.6. The first-order chi connectivity index (χ1) is 48.3. The van der Waals surface area contributed by atoms with Crippen LogP contribution in [0.25, 0.3) is 0 Å². The molecule has 3 aliphatic heterocycles. The molecule has 17 unspecified atom stereocenters. The summed E-state index contributed by atoms with van der Waals surface area (Å²) in [5, 5.41) is 121. The van der Waals surface area contributed by atoms with Crippen LogP contribution < -0.4 is 5.32 Å². The minimum absolute atomic E-state index is 0.228. The zero-order valence-corrected chi connectivity index (χ0v) is 60.4. The van der Waals surface area contributed by atoms with Gasteiger partial charge in [-0.05, 0) is 96.3 Å². The Bertz CT molecular complexity index is 2260. The lowest BCUT2D eigenvalue weighted by molar-refractivity contribution is -0.379. The zero-order valence-electron chi connectivity index (χ0n) is 60.4. The van der Waals surface area contributed by atoms with E-state index in [-0.39, 0.29) is 18.9 Å². The maximum Gasteiger partial charge on any atom is 0.220 e. The molecule has 0 radical (unpaired) electrons. The highest BCUT2D eigenvalue weighted by atomic mass is 16.8. The molecule has 3 aliphatic rings. The third-order valence-corrected chi connectivity index (χ3v) is 18.2. The van der Waals surface area contributed by atoms with Gasteiger partial charge in [-0.3, -0.25) is 4.79 Å². The molecule has 19 heteroatoms. The predicted molar refractivity (Wildman–Crippen MR) is 392 cm³/mol. The van der Waals surface area contributed by atoms with Gasteiger partial charge in [0.1, 0.15) is 73.2 Å². The molecule has 0 aromatic carbocycles. The number of aliphatic hydroxyl groups is 11. The Morgan fingerprint density at radius 3 is 1.13 bits per heavy atom. The van der Waals surface area contributed by atoms with E-state index in [1.54, 1.807) is 6.08 Å². The second-order valence-electron chi connectivity index (χ2n) is 26.7. The number of hydrogen-bond donors (Lipinski definition) is 12. The maximum absolute atomic E-state index is 13.4. The minimum atomic E-state index is -1.99. The molecule has 0 bridgehead atoms. The van der Waals surface area contributed by atoms with Crippen LogP contribution in [0.3, 0.4) is 0 Å². The quantitative estimate of drug-likeness (QED) is 0.0199. The van der Waals surface area contributed by atoms with Crippen LogP contribution in [0.1, 0.15) is 245 Å². The summed E-state index contributed by atoms with van der Waals surface area (Å²) < 4.78 is 34.3. The number of rotatable bonds is 58. The normalized spacial score (nSPS) is 27.3. The highest BCUT2D eigenvalue weighted by Crippen LogP contribution is 2.33. The second-order valence-corrected chi connectivity index (χ2v) is 26.7. The lowest BCUT2D eigenvalue weighted by Gasteiger charge is -2.48. The topological polar surface area (TPSA) is 307 Å². The van der Waals surface area contributed by atoms with E-state index in [4.69, 9.17) is 28.4 Å². The molecule has 19 nitrogen and oxygen atoms in total. The van der Waals surface area contributed by atoms with Crippen LogP contribution in [0.2, 0.25) is 0 Å². The number of carbonyl (C=O) groups is 1. The fraction of sp³-hybridized carbons (Fsp3) is 0.738. The molecular formula is C80H135NO18. The largest absolute Gasteiger partial charge is 0.394 e. The van der Waals surface area contributed by atoms with Crippen molar-refractivity contribution in [2.45, 2.75) is 349 Å². The molecule has 3 rings (SSSR count). The van der Waals surface area contributed by atoms with Gasteiger partial charge < -0.3 is 89.9 Å². The fourth-order valence-electron chi connectivity index (χ4n) is 12.1. The molecule has 0 aromatic rings. The molecule has 0 saturated carbocycles. The Morgan fingerprint density at radius 1 is 0.374 bits per heavy atom. The first-order valence-electron chi connectivity index (χ1n) is 38.3. The number of nitrogens with one attached hydrogen (secondary N) is 1. The summed E-state index contributed by atoms with van der Waals surface area (Å²) >= 11 is 0. The maximum atomic E-state index is 13.4. The van der Waals surface area contributed by atoms with Gasteiger partial charge in [0.2, 0.25) is 5.91 Å². The SMILES string of the molecule is CC/C=C\C/C=C\C/C=C\C/C=C\C/C=C\C/C=C\C/C=C\C/C=C\CCCCCCCCCCCCCCCCC(=O)NC(COC1OC(CO)C(OC2OC(CO)C(OC3OC(CO)C(O)C(O)C3O)C(O)C2O)C(O)C1O)C(O)/C=C/CC/C=C/CCCCCCCCCCC. The van der Waals surface area contributed by atoms with Crippen molar-refractivity contribution in [2.24, 2.45) is 0 Å². The Hall–Kier alpha value is -3.81. The first-order valence-corrected chi connectivity index (χ1v) is 38.3. The molecule has 3 heterocycles.